The second kappa shape index (κ2) is 10.8. The highest BCUT2D eigenvalue weighted by Gasteiger charge is 2.33. The minimum Gasteiger partial charge on any atom is -0.614 e. The molecule has 0 aliphatic carbocycles. The number of rotatable bonds is 4. The molecule has 0 unspecified atom stereocenters. The summed E-state index contributed by atoms with van der Waals surface area (Å²) in [5.74, 6) is 2.05. The molecule has 0 atom stereocenters. The molecule has 0 aliphatic heterocycles. The van der Waals surface area contributed by atoms with Gasteiger partial charge in [0, 0.05) is 0 Å². The van der Waals surface area contributed by atoms with Crippen LogP contribution in [-0.2, 0) is 32.5 Å². The minimum atomic E-state index is -1.40. The zero-order valence-electron chi connectivity index (χ0n) is 28.8. The molecule has 2 aromatic rings. The Morgan fingerprint density at radius 1 is 0.359 bits per heavy atom. The van der Waals surface area contributed by atoms with Crippen molar-refractivity contribution in [1.82, 2.24) is 0 Å². The maximum atomic E-state index is 6.84. The highest BCUT2D eigenvalue weighted by molar-refractivity contribution is 6.21. The van der Waals surface area contributed by atoms with Crippen molar-refractivity contribution in [2.45, 2.75) is 157 Å². The maximum Gasteiger partial charge on any atom is 0.832 e. The van der Waals surface area contributed by atoms with Crippen molar-refractivity contribution in [3.8, 4) is 11.5 Å². The zero-order chi connectivity index (χ0) is 30.6. The van der Waals surface area contributed by atoms with Crippen LogP contribution in [0.3, 0.4) is 0 Å². The van der Waals surface area contributed by atoms with Crippen LogP contribution in [0.4, 0.5) is 0 Å². The molecular weight excluding hydrogens is 491 g/mol. The molecule has 0 N–H and O–H groups in total. The zero-order valence-corrected chi connectivity index (χ0v) is 30.2. The molecule has 0 aliphatic rings. The summed E-state index contributed by atoms with van der Waals surface area (Å²) < 4.78 is 13.7. The number of hydrogen-bond donors (Lipinski definition) is 0. The van der Waals surface area contributed by atoms with Gasteiger partial charge in [0.15, 0.2) is 0 Å². The first-order valence-electron chi connectivity index (χ1n) is 14.8. The lowest BCUT2D eigenvalue weighted by Crippen LogP contribution is -2.27. The predicted octanol–water partition coefficient (Wildman–Crippen LogP) is 10.2. The van der Waals surface area contributed by atoms with Crippen LogP contribution >= 0.6 is 0 Å². The van der Waals surface area contributed by atoms with E-state index in [1.54, 1.807) is 0 Å². The van der Waals surface area contributed by atoms with Crippen LogP contribution in [-0.4, -0.2) is 15.9 Å². The van der Waals surface area contributed by atoms with Gasteiger partial charge in [0.1, 0.15) is 0 Å². The Labute approximate surface area is 249 Å². The minimum absolute atomic E-state index is 0.0491. The molecule has 0 aromatic heterocycles. The van der Waals surface area contributed by atoms with Gasteiger partial charge in [-0.25, -0.2) is 0 Å². The van der Waals surface area contributed by atoms with Crippen molar-refractivity contribution in [2.75, 3.05) is 0 Å². The largest absolute Gasteiger partial charge is 0.832 e. The lowest BCUT2D eigenvalue weighted by atomic mass is 9.75. The highest BCUT2D eigenvalue weighted by Crippen LogP contribution is 2.45. The van der Waals surface area contributed by atoms with E-state index in [1.165, 1.54) is 33.4 Å². The Balaban J connectivity index is 2.71. The van der Waals surface area contributed by atoms with Crippen LogP contribution in [0, 0.1) is 0 Å². The van der Waals surface area contributed by atoms with Crippen LogP contribution in [0.15, 0.2) is 24.3 Å². The summed E-state index contributed by atoms with van der Waals surface area (Å²) in [4.78, 5) is 0. The van der Waals surface area contributed by atoms with Crippen LogP contribution in [0.25, 0.3) is 0 Å². The monoisotopic (exact) mass is 550 g/mol. The summed E-state index contributed by atoms with van der Waals surface area (Å²) in [5.41, 5.74) is 7.71. The Morgan fingerprint density at radius 2 is 0.564 bits per heavy atom. The van der Waals surface area contributed by atoms with Crippen LogP contribution < -0.4 is 7.58 Å². The Hall–Kier alpha value is -1.43. The standard InChI is InChI=1S/2C18H30O.Al.H/c2*1-16(2,3)12-10-13(17(4,5)6)15(19)14(11-12)18(7,8)9;;/h2*10-11,19H,1-9H3;;/q;;+2;/p-2. The van der Waals surface area contributed by atoms with Crippen LogP contribution in [0.1, 0.15) is 158 Å². The van der Waals surface area contributed by atoms with Crippen molar-refractivity contribution in [1.29, 1.82) is 0 Å². The van der Waals surface area contributed by atoms with E-state index >= 15 is 0 Å². The van der Waals surface area contributed by atoms with E-state index in [-0.39, 0.29) is 32.5 Å². The molecule has 2 rings (SSSR count). The fourth-order valence-corrected chi connectivity index (χ4v) is 5.73. The third kappa shape index (κ3) is 8.30. The molecular formula is C36H59AlO2. The van der Waals surface area contributed by atoms with Gasteiger partial charge in [0.2, 0.25) is 0 Å². The summed E-state index contributed by atoms with van der Waals surface area (Å²) in [6.07, 6.45) is 0. The lowest BCUT2D eigenvalue weighted by Gasteiger charge is -2.35. The van der Waals surface area contributed by atoms with E-state index in [4.69, 9.17) is 7.58 Å². The van der Waals surface area contributed by atoms with E-state index < -0.39 is 15.9 Å². The van der Waals surface area contributed by atoms with Crippen LogP contribution in [0.2, 0.25) is 0 Å². The average Bonchev–Trinajstić information content (AvgIpc) is 2.68. The molecule has 0 bridgehead atoms. The molecule has 3 heteroatoms. The first kappa shape index (κ1) is 33.8. The molecule has 0 heterocycles. The highest BCUT2D eigenvalue weighted by atomic mass is 27.2. The Bertz CT molecular complexity index is 998. The molecule has 0 saturated carbocycles. The molecule has 0 amide bonds. The fourth-order valence-electron chi connectivity index (χ4n) is 4.81. The Kier molecular flexibility index (Phi) is 9.32. The molecule has 2 nitrogen and oxygen atoms in total. The topological polar surface area (TPSA) is 18.5 Å². The van der Waals surface area contributed by atoms with E-state index in [2.05, 4.69) is 149 Å². The van der Waals surface area contributed by atoms with Gasteiger partial charge in [-0.1, -0.05) is 149 Å². The van der Waals surface area contributed by atoms with E-state index in [0.717, 1.165) is 11.5 Å². The fraction of sp³-hybridized carbons (Fsp3) is 0.667. The quantitative estimate of drug-likeness (QED) is 0.353. The Morgan fingerprint density at radius 3 is 0.718 bits per heavy atom. The van der Waals surface area contributed by atoms with Gasteiger partial charge in [0.25, 0.3) is 0 Å². The summed E-state index contributed by atoms with van der Waals surface area (Å²) in [5, 5.41) is 0. The van der Waals surface area contributed by atoms with Crippen molar-refractivity contribution in [3.05, 3.63) is 57.6 Å². The van der Waals surface area contributed by atoms with Crippen molar-refractivity contribution >= 4 is 15.9 Å². The first-order valence-corrected chi connectivity index (χ1v) is 15.9. The average molecular weight is 551 g/mol. The summed E-state index contributed by atoms with van der Waals surface area (Å²) in [6.45, 7) is 41.2. The van der Waals surface area contributed by atoms with Gasteiger partial charge in [-0.15, -0.1) is 0 Å². The number of hydrogen-bond acceptors (Lipinski definition) is 2. The normalized spacial score (nSPS) is 13.9. The van der Waals surface area contributed by atoms with E-state index in [1.807, 2.05) is 0 Å². The van der Waals surface area contributed by atoms with Crippen molar-refractivity contribution in [3.63, 3.8) is 0 Å². The summed E-state index contributed by atoms with van der Waals surface area (Å²) in [6, 6.07) is 9.49. The number of benzene rings is 2. The summed E-state index contributed by atoms with van der Waals surface area (Å²) in [7, 11) is 0. The predicted molar refractivity (Wildman–Crippen MR) is 173 cm³/mol. The third-order valence-electron chi connectivity index (χ3n) is 7.55. The molecule has 39 heavy (non-hydrogen) atoms. The van der Waals surface area contributed by atoms with Crippen LogP contribution in [0.5, 0.6) is 11.5 Å². The van der Waals surface area contributed by atoms with E-state index in [0.29, 0.717) is 0 Å². The first-order chi connectivity index (χ1) is 17.1. The molecule has 0 fully saturated rings. The smallest absolute Gasteiger partial charge is 0.614 e. The van der Waals surface area contributed by atoms with Gasteiger partial charge in [-0.05, 0) is 65.9 Å². The second-order valence-electron chi connectivity index (χ2n) is 17.7. The van der Waals surface area contributed by atoms with Crippen molar-refractivity contribution < 1.29 is 7.58 Å². The molecule has 0 radical (unpaired) electrons. The second-order valence-corrected chi connectivity index (χ2v) is 18.5. The molecule has 2 aromatic carbocycles. The van der Waals surface area contributed by atoms with Crippen molar-refractivity contribution in [2.24, 2.45) is 0 Å². The molecule has 218 valence electrons. The summed E-state index contributed by atoms with van der Waals surface area (Å²) >= 11 is -1.40. The maximum absolute atomic E-state index is 6.84. The van der Waals surface area contributed by atoms with E-state index in [9.17, 15) is 0 Å². The third-order valence-corrected chi connectivity index (χ3v) is 8.36. The van der Waals surface area contributed by atoms with Gasteiger partial charge in [-0.2, -0.15) is 0 Å². The SMILES string of the molecule is CC(C)(C)c1cc(C(C)(C)C)c([O][AlH][O]c2c(C(C)(C)C)cc(C(C)(C)C)cc2C(C)(C)C)c(C(C)(C)C)c1. The van der Waals surface area contributed by atoms with Gasteiger partial charge in [-0.3, -0.25) is 0 Å². The molecule has 0 spiro atoms. The van der Waals surface area contributed by atoms with Gasteiger partial charge >= 0.3 is 15.9 Å². The van der Waals surface area contributed by atoms with Gasteiger partial charge < -0.3 is 7.58 Å². The molecule has 0 saturated heterocycles. The van der Waals surface area contributed by atoms with Gasteiger partial charge in [0.05, 0.1) is 11.5 Å². The lowest BCUT2D eigenvalue weighted by molar-refractivity contribution is 0.412.